The summed E-state index contributed by atoms with van der Waals surface area (Å²) in [7, 11) is 0. The van der Waals surface area contributed by atoms with Gasteiger partial charge in [-0.1, -0.05) is 19.9 Å². The first-order chi connectivity index (χ1) is 10.3. The Morgan fingerprint density at radius 3 is 2.68 bits per heavy atom. The number of carbonyl (C=O) groups is 3. The molecule has 7 atom stereocenters. The van der Waals surface area contributed by atoms with E-state index in [1.807, 2.05) is 13.0 Å². The van der Waals surface area contributed by atoms with Gasteiger partial charge in [-0.3, -0.25) is 14.4 Å². The molecule has 0 N–H and O–H groups in total. The average molecular weight is 306 g/mol. The van der Waals surface area contributed by atoms with Crippen molar-refractivity contribution >= 4 is 17.7 Å². The van der Waals surface area contributed by atoms with Gasteiger partial charge in [0.2, 0.25) is 0 Å². The molecule has 1 aliphatic heterocycles. The highest BCUT2D eigenvalue weighted by Gasteiger charge is 2.62. The van der Waals surface area contributed by atoms with E-state index in [1.54, 1.807) is 13.0 Å². The number of allylic oxidation sites excluding steroid dienone is 2. The maximum Gasteiger partial charge on any atom is 0.309 e. The van der Waals surface area contributed by atoms with E-state index in [4.69, 9.17) is 9.47 Å². The predicted octanol–water partition coefficient (Wildman–Crippen LogP) is 1.90. The molecule has 5 nitrogen and oxygen atoms in total. The Labute approximate surface area is 130 Å². The summed E-state index contributed by atoms with van der Waals surface area (Å²) in [6.45, 7) is 7.07. The molecular formula is C17H22O5. The van der Waals surface area contributed by atoms with Gasteiger partial charge in [-0.2, -0.15) is 0 Å². The summed E-state index contributed by atoms with van der Waals surface area (Å²) in [6.07, 6.45) is 3.30. The van der Waals surface area contributed by atoms with E-state index in [-0.39, 0.29) is 41.5 Å². The largest absolute Gasteiger partial charge is 0.462 e. The standard InChI is InChI=1S/C17H22O5/c1-8-7-12-14(9(2)16(20)22-12)15(21-10(3)18)17(4)11(8)5-6-13(17)19/h5-6,8-9,11-12,14-15H,7H2,1-4H3/t8-,9-,11+,12?,14-,15-,17+/m1/s1. The highest BCUT2D eigenvalue weighted by Crippen LogP contribution is 2.54. The van der Waals surface area contributed by atoms with E-state index in [2.05, 4.69) is 6.92 Å². The zero-order chi connectivity index (χ0) is 16.2. The van der Waals surface area contributed by atoms with Crippen LogP contribution in [0.15, 0.2) is 12.2 Å². The van der Waals surface area contributed by atoms with Crippen LogP contribution in [0.2, 0.25) is 0 Å². The highest BCUT2D eigenvalue weighted by atomic mass is 16.6. The van der Waals surface area contributed by atoms with Gasteiger partial charge in [-0.15, -0.1) is 0 Å². The van der Waals surface area contributed by atoms with Crippen molar-refractivity contribution in [2.24, 2.45) is 29.1 Å². The number of ketones is 1. The number of esters is 2. The summed E-state index contributed by atoms with van der Waals surface area (Å²) in [6, 6.07) is 0. The molecular weight excluding hydrogens is 284 g/mol. The molecule has 1 saturated heterocycles. The van der Waals surface area contributed by atoms with Gasteiger partial charge in [-0.05, 0) is 31.3 Å². The van der Waals surface area contributed by atoms with Crippen LogP contribution in [0.3, 0.4) is 0 Å². The lowest BCUT2D eigenvalue weighted by Gasteiger charge is -2.40. The van der Waals surface area contributed by atoms with Gasteiger partial charge >= 0.3 is 11.9 Å². The van der Waals surface area contributed by atoms with Gasteiger partial charge in [0.1, 0.15) is 12.2 Å². The fraction of sp³-hybridized carbons (Fsp3) is 0.706. The van der Waals surface area contributed by atoms with Crippen molar-refractivity contribution in [2.45, 2.75) is 46.3 Å². The summed E-state index contributed by atoms with van der Waals surface area (Å²) in [5.41, 5.74) is -0.813. The lowest BCUT2D eigenvalue weighted by Crippen LogP contribution is -2.50. The monoisotopic (exact) mass is 306 g/mol. The van der Waals surface area contributed by atoms with Crippen LogP contribution >= 0.6 is 0 Å². The number of rotatable bonds is 1. The average Bonchev–Trinajstić information content (AvgIpc) is 2.84. The van der Waals surface area contributed by atoms with Gasteiger partial charge in [0.15, 0.2) is 5.78 Å². The van der Waals surface area contributed by atoms with Crippen molar-refractivity contribution in [3.05, 3.63) is 12.2 Å². The Balaban J connectivity index is 2.10. The van der Waals surface area contributed by atoms with Crippen LogP contribution in [-0.4, -0.2) is 29.9 Å². The molecule has 0 aromatic carbocycles. The Morgan fingerprint density at radius 1 is 1.36 bits per heavy atom. The molecule has 0 aromatic rings. The summed E-state index contributed by atoms with van der Waals surface area (Å²) < 4.78 is 11.1. The van der Waals surface area contributed by atoms with Gasteiger partial charge < -0.3 is 9.47 Å². The van der Waals surface area contributed by atoms with Crippen LogP contribution in [0.4, 0.5) is 0 Å². The van der Waals surface area contributed by atoms with Crippen molar-refractivity contribution in [2.75, 3.05) is 0 Å². The quantitative estimate of drug-likeness (QED) is 0.692. The number of hydrogen-bond acceptors (Lipinski definition) is 5. The molecule has 1 unspecified atom stereocenters. The van der Waals surface area contributed by atoms with Crippen LogP contribution < -0.4 is 0 Å². The molecule has 2 fully saturated rings. The number of fused-ring (bicyclic) bond motifs is 2. The fourth-order valence-electron chi connectivity index (χ4n) is 4.61. The molecule has 0 aromatic heterocycles. The Morgan fingerprint density at radius 2 is 2.05 bits per heavy atom. The van der Waals surface area contributed by atoms with Crippen LogP contribution in [0.25, 0.3) is 0 Å². The molecule has 2 aliphatic carbocycles. The first-order valence-electron chi connectivity index (χ1n) is 7.87. The van der Waals surface area contributed by atoms with Crippen molar-refractivity contribution < 1.29 is 23.9 Å². The molecule has 1 heterocycles. The molecule has 22 heavy (non-hydrogen) atoms. The van der Waals surface area contributed by atoms with E-state index in [0.29, 0.717) is 6.42 Å². The van der Waals surface area contributed by atoms with Crippen LogP contribution in [0.1, 0.15) is 34.1 Å². The molecule has 3 aliphatic rings. The van der Waals surface area contributed by atoms with Crippen molar-refractivity contribution in [3.63, 3.8) is 0 Å². The van der Waals surface area contributed by atoms with Crippen LogP contribution in [0.5, 0.6) is 0 Å². The highest BCUT2D eigenvalue weighted by molar-refractivity contribution is 5.98. The molecule has 1 saturated carbocycles. The van der Waals surface area contributed by atoms with Gasteiger partial charge in [-0.25, -0.2) is 0 Å². The van der Waals surface area contributed by atoms with E-state index in [9.17, 15) is 14.4 Å². The third-order valence-corrected chi connectivity index (χ3v) is 5.77. The molecule has 0 amide bonds. The second kappa shape index (κ2) is 4.93. The van der Waals surface area contributed by atoms with Gasteiger partial charge in [0.25, 0.3) is 0 Å². The molecule has 0 spiro atoms. The number of hydrogen-bond donors (Lipinski definition) is 0. The molecule has 0 radical (unpaired) electrons. The second-order valence-electron chi connectivity index (χ2n) is 7.12. The maximum atomic E-state index is 12.6. The summed E-state index contributed by atoms with van der Waals surface area (Å²) in [4.78, 5) is 36.2. The van der Waals surface area contributed by atoms with Crippen LogP contribution in [0, 0.1) is 29.1 Å². The Hall–Kier alpha value is -1.65. The first kappa shape index (κ1) is 15.3. The minimum atomic E-state index is -0.813. The summed E-state index contributed by atoms with van der Waals surface area (Å²) >= 11 is 0. The summed E-state index contributed by atoms with van der Waals surface area (Å²) in [5.74, 6) is -1.17. The SMILES string of the molecule is CC(=O)O[C@@H]1[C@H]2C(C[C@@H](C)[C@@H]3C=CC(=O)[C@@]13C)OC(=O)[C@@H]2C. The third-order valence-electron chi connectivity index (χ3n) is 5.77. The lowest BCUT2D eigenvalue weighted by atomic mass is 9.66. The normalized spacial score (nSPS) is 46.7. The Bertz CT molecular complexity index is 565. The molecule has 120 valence electrons. The van der Waals surface area contributed by atoms with Gasteiger partial charge in [0.05, 0.1) is 11.3 Å². The fourth-order valence-corrected chi connectivity index (χ4v) is 4.61. The van der Waals surface area contributed by atoms with Gasteiger partial charge in [0, 0.05) is 12.8 Å². The zero-order valence-corrected chi connectivity index (χ0v) is 13.4. The minimum Gasteiger partial charge on any atom is -0.462 e. The summed E-state index contributed by atoms with van der Waals surface area (Å²) in [5, 5.41) is 0. The van der Waals surface area contributed by atoms with E-state index in [1.165, 1.54) is 6.92 Å². The molecule has 3 rings (SSSR count). The molecule has 5 heteroatoms. The van der Waals surface area contributed by atoms with E-state index < -0.39 is 17.5 Å². The van der Waals surface area contributed by atoms with Crippen molar-refractivity contribution in [3.8, 4) is 0 Å². The topological polar surface area (TPSA) is 69.7 Å². The molecule has 0 bridgehead atoms. The second-order valence-corrected chi connectivity index (χ2v) is 7.12. The van der Waals surface area contributed by atoms with E-state index in [0.717, 1.165) is 0 Å². The predicted molar refractivity (Wildman–Crippen MR) is 77.6 cm³/mol. The van der Waals surface area contributed by atoms with Crippen LogP contribution in [-0.2, 0) is 23.9 Å². The first-order valence-corrected chi connectivity index (χ1v) is 7.87. The number of carbonyl (C=O) groups excluding carboxylic acids is 3. The number of ether oxygens (including phenoxy) is 2. The zero-order valence-electron chi connectivity index (χ0n) is 13.4. The maximum absolute atomic E-state index is 12.6. The smallest absolute Gasteiger partial charge is 0.309 e. The van der Waals surface area contributed by atoms with Crippen molar-refractivity contribution in [1.82, 2.24) is 0 Å². The third kappa shape index (κ3) is 1.94. The minimum absolute atomic E-state index is 0.000789. The van der Waals surface area contributed by atoms with Crippen molar-refractivity contribution in [1.29, 1.82) is 0 Å². The Kier molecular flexibility index (Phi) is 3.42. The van der Waals surface area contributed by atoms with E-state index >= 15 is 0 Å². The lowest BCUT2D eigenvalue weighted by molar-refractivity contribution is -0.165.